The Morgan fingerprint density at radius 2 is 0.873 bits per heavy atom. The number of aliphatic hydroxyl groups is 2. The lowest BCUT2D eigenvalue weighted by Gasteiger charge is -2.22. The summed E-state index contributed by atoms with van der Waals surface area (Å²) in [6.45, 7) is 4.87. The Kier molecular flexibility index (Phi) is 44.2. The van der Waals surface area contributed by atoms with Gasteiger partial charge in [0.15, 0.2) is 0 Å². The molecular weight excluding hydrogens is 683 g/mol. The maximum absolute atomic E-state index is 12.4. The molecule has 3 N–H and O–H groups in total. The summed E-state index contributed by atoms with van der Waals surface area (Å²) < 4.78 is 5.43. The molecule has 0 fully saturated rings. The van der Waals surface area contributed by atoms with Crippen molar-refractivity contribution in [3.05, 3.63) is 12.2 Å². The third-order valence-corrected chi connectivity index (χ3v) is 11.3. The molecule has 55 heavy (non-hydrogen) atoms. The predicted octanol–water partition coefficient (Wildman–Crippen LogP) is 14.2. The van der Waals surface area contributed by atoms with Gasteiger partial charge in [-0.1, -0.05) is 219 Å². The largest absolute Gasteiger partial charge is 0.466 e. The molecule has 2 atom stereocenters. The zero-order valence-corrected chi connectivity index (χ0v) is 36.9. The van der Waals surface area contributed by atoms with Crippen molar-refractivity contribution in [2.24, 2.45) is 0 Å². The lowest BCUT2D eigenvalue weighted by Crippen LogP contribution is -2.45. The second kappa shape index (κ2) is 45.3. The van der Waals surface area contributed by atoms with E-state index in [1.54, 1.807) is 0 Å². The zero-order valence-electron chi connectivity index (χ0n) is 36.9. The summed E-state index contributed by atoms with van der Waals surface area (Å²) in [5, 5.41) is 23.1. The highest BCUT2D eigenvalue weighted by Crippen LogP contribution is 2.16. The minimum absolute atomic E-state index is 0.0333. The minimum atomic E-state index is -0.693. The van der Waals surface area contributed by atoms with E-state index in [-0.39, 0.29) is 18.5 Å². The standard InChI is InChI=1S/C49H95NO5/c1-3-5-7-9-11-13-15-17-19-20-22-25-29-33-37-41-47(52)46(45-51)50-48(53)42-38-34-30-26-24-28-32-36-40-44-55-49(54)43-39-35-31-27-23-21-18-16-14-12-10-8-6-4-2/h26,30,46-47,51-52H,3-25,27-29,31-45H2,1-2H3,(H,50,53)/b30-26-. The highest BCUT2D eigenvalue weighted by Gasteiger charge is 2.20. The number of carbonyl (C=O) groups is 2. The van der Waals surface area contributed by atoms with Crippen LogP contribution in [-0.4, -0.2) is 47.4 Å². The van der Waals surface area contributed by atoms with Crippen molar-refractivity contribution in [3.63, 3.8) is 0 Å². The molecule has 0 aliphatic carbocycles. The first-order chi connectivity index (χ1) is 27.0. The highest BCUT2D eigenvalue weighted by atomic mass is 16.5. The average molecular weight is 778 g/mol. The Morgan fingerprint density at radius 3 is 1.33 bits per heavy atom. The summed E-state index contributed by atoms with van der Waals surface area (Å²) in [5.41, 5.74) is 0. The van der Waals surface area contributed by atoms with Crippen LogP contribution in [0.3, 0.4) is 0 Å². The molecule has 0 bridgehead atoms. The van der Waals surface area contributed by atoms with Crippen molar-refractivity contribution in [2.75, 3.05) is 13.2 Å². The van der Waals surface area contributed by atoms with E-state index in [0.29, 0.717) is 25.9 Å². The Morgan fingerprint density at radius 1 is 0.491 bits per heavy atom. The van der Waals surface area contributed by atoms with Crippen LogP contribution in [0, 0.1) is 0 Å². The van der Waals surface area contributed by atoms with E-state index in [2.05, 4.69) is 31.3 Å². The number of hydrogen-bond donors (Lipinski definition) is 3. The van der Waals surface area contributed by atoms with Crippen LogP contribution in [0.2, 0.25) is 0 Å². The lowest BCUT2D eigenvalue weighted by atomic mass is 10.0. The Bertz CT molecular complexity index is 817. The number of allylic oxidation sites excluding steroid dienone is 2. The fraction of sp³-hybridized carbons (Fsp3) is 0.918. The van der Waals surface area contributed by atoms with Crippen LogP contribution in [-0.2, 0) is 14.3 Å². The van der Waals surface area contributed by atoms with Gasteiger partial charge in [0.05, 0.1) is 25.4 Å². The van der Waals surface area contributed by atoms with Crippen molar-refractivity contribution >= 4 is 11.9 Å². The quantitative estimate of drug-likeness (QED) is 0.0325. The third kappa shape index (κ3) is 42.0. The third-order valence-electron chi connectivity index (χ3n) is 11.3. The summed E-state index contributed by atoms with van der Waals surface area (Å²) in [5.74, 6) is -0.128. The number of carbonyl (C=O) groups excluding carboxylic acids is 2. The van der Waals surface area contributed by atoms with Gasteiger partial charge in [-0.25, -0.2) is 0 Å². The molecule has 0 aromatic rings. The van der Waals surface area contributed by atoms with Crippen molar-refractivity contribution in [2.45, 2.75) is 276 Å². The molecular formula is C49H95NO5. The van der Waals surface area contributed by atoms with Crippen LogP contribution >= 0.6 is 0 Å². The van der Waals surface area contributed by atoms with Crippen molar-refractivity contribution in [1.82, 2.24) is 5.32 Å². The van der Waals surface area contributed by atoms with E-state index in [0.717, 1.165) is 70.6 Å². The topological polar surface area (TPSA) is 95.9 Å². The number of ether oxygens (including phenoxy) is 1. The molecule has 0 aromatic carbocycles. The van der Waals surface area contributed by atoms with Crippen LogP contribution in [0.1, 0.15) is 264 Å². The molecule has 2 unspecified atom stereocenters. The Labute approximate surface area is 342 Å². The van der Waals surface area contributed by atoms with Crippen molar-refractivity contribution < 1.29 is 24.5 Å². The molecule has 0 radical (unpaired) electrons. The van der Waals surface area contributed by atoms with Gasteiger partial charge in [0.2, 0.25) is 5.91 Å². The van der Waals surface area contributed by atoms with Gasteiger partial charge in [-0.15, -0.1) is 0 Å². The predicted molar refractivity (Wildman–Crippen MR) is 237 cm³/mol. The van der Waals surface area contributed by atoms with Crippen molar-refractivity contribution in [3.8, 4) is 0 Å². The van der Waals surface area contributed by atoms with Gasteiger partial charge in [-0.05, 0) is 44.9 Å². The number of rotatable bonds is 45. The van der Waals surface area contributed by atoms with Crippen LogP contribution in [0.4, 0.5) is 0 Å². The maximum atomic E-state index is 12.4. The molecule has 326 valence electrons. The Hall–Kier alpha value is -1.40. The second-order valence-corrected chi connectivity index (χ2v) is 16.8. The van der Waals surface area contributed by atoms with Crippen molar-refractivity contribution in [1.29, 1.82) is 0 Å². The van der Waals surface area contributed by atoms with E-state index < -0.39 is 12.1 Å². The fourth-order valence-electron chi connectivity index (χ4n) is 7.52. The number of nitrogens with one attached hydrogen (secondary N) is 1. The molecule has 0 heterocycles. The molecule has 0 rings (SSSR count). The number of unbranched alkanes of at least 4 members (excludes halogenated alkanes) is 32. The zero-order chi connectivity index (χ0) is 40.1. The van der Waals surface area contributed by atoms with E-state index in [9.17, 15) is 19.8 Å². The van der Waals surface area contributed by atoms with Gasteiger partial charge in [0.1, 0.15) is 0 Å². The van der Waals surface area contributed by atoms with Gasteiger partial charge >= 0.3 is 5.97 Å². The molecule has 0 aliphatic rings. The normalized spacial score (nSPS) is 12.7. The highest BCUT2D eigenvalue weighted by molar-refractivity contribution is 5.76. The smallest absolute Gasteiger partial charge is 0.305 e. The van der Waals surface area contributed by atoms with E-state index in [1.165, 1.54) is 161 Å². The summed E-state index contributed by atoms with van der Waals surface area (Å²) in [6.07, 6.45) is 50.4. The van der Waals surface area contributed by atoms with E-state index in [4.69, 9.17) is 4.74 Å². The number of hydrogen-bond acceptors (Lipinski definition) is 5. The summed E-state index contributed by atoms with van der Waals surface area (Å²) in [4.78, 5) is 24.4. The SMILES string of the molecule is CCCCCCCCCCCCCCCCCC(O)C(CO)NC(=O)CCC/C=C\CCCCCCOC(=O)CCCCCCCCCCCCCCCC. The Balaban J connectivity index is 3.53. The molecule has 0 aliphatic heterocycles. The summed E-state index contributed by atoms with van der Waals surface area (Å²) >= 11 is 0. The molecule has 6 heteroatoms. The minimum Gasteiger partial charge on any atom is -0.466 e. The van der Waals surface area contributed by atoms with Gasteiger partial charge in [0.25, 0.3) is 0 Å². The van der Waals surface area contributed by atoms with Crippen LogP contribution in [0.25, 0.3) is 0 Å². The first kappa shape index (κ1) is 53.6. The molecule has 0 saturated carbocycles. The molecule has 0 aromatic heterocycles. The van der Waals surface area contributed by atoms with Gasteiger partial charge < -0.3 is 20.3 Å². The van der Waals surface area contributed by atoms with Crippen LogP contribution < -0.4 is 5.32 Å². The van der Waals surface area contributed by atoms with Crippen LogP contribution in [0.5, 0.6) is 0 Å². The first-order valence-electron chi connectivity index (χ1n) is 24.4. The van der Waals surface area contributed by atoms with Crippen LogP contribution in [0.15, 0.2) is 12.2 Å². The number of aliphatic hydroxyl groups excluding tert-OH is 2. The number of esters is 1. The fourth-order valence-corrected chi connectivity index (χ4v) is 7.52. The van der Waals surface area contributed by atoms with Gasteiger partial charge in [0, 0.05) is 12.8 Å². The average Bonchev–Trinajstić information content (AvgIpc) is 3.18. The first-order valence-corrected chi connectivity index (χ1v) is 24.4. The molecule has 1 amide bonds. The second-order valence-electron chi connectivity index (χ2n) is 16.8. The molecule has 6 nitrogen and oxygen atoms in total. The maximum Gasteiger partial charge on any atom is 0.305 e. The van der Waals surface area contributed by atoms with E-state index >= 15 is 0 Å². The lowest BCUT2D eigenvalue weighted by molar-refractivity contribution is -0.143. The van der Waals surface area contributed by atoms with Gasteiger partial charge in [-0.2, -0.15) is 0 Å². The number of amides is 1. The molecule has 0 spiro atoms. The monoisotopic (exact) mass is 778 g/mol. The van der Waals surface area contributed by atoms with Gasteiger partial charge in [-0.3, -0.25) is 9.59 Å². The van der Waals surface area contributed by atoms with E-state index in [1.807, 2.05) is 0 Å². The summed E-state index contributed by atoms with van der Waals surface area (Å²) in [7, 11) is 0. The molecule has 0 saturated heterocycles. The summed E-state index contributed by atoms with van der Waals surface area (Å²) in [6, 6.07) is -0.577.